The highest BCUT2D eigenvalue weighted by Crippen LogP contribution is 2.30. The van der Waals surface area contributed by atoms with Gasteiger partial charge in [0.05, 0.1) is 5.69 Å². The highest BCUT2D eigenvalue weighted by molar-refractivity contribution is 7.03. The van der Waals surface area contributed by atoms with Crippen LogP contribution in [0.25, 0.3) is 0 Å². The molecule has 1 atom stereocenters. The van der Waals surface area contributed by atoms with Gasteiger partial charge in [0.15, 0.2) is 0 Å². The van der Waals surface area contributed by atoms with E-state index in [4.69, 9.17) is 0 Å². The van der Waals surface area contributed by atoms with Gasteiger partial charge in [-0.2, -0.15) is 13.2 Å². The van der Waals surface area contributed by atoms with Crippen LogP contribution in [-0.4, -0.2) is 37.5 Å². The zero-order valence-electron chi connectivity index (χ0n) is 10.9. The molecule has 9 heteroatoms. The third kappa shape index (κ3) is 3.35. The van der Waals surface area contributed by atoms with Crippen molar-refractivity contribution in [2.45, 2.75) is 25.1 Å². The molecule has 0 aliphatic carbocycles. The number of rotatable bonds is 3. The first-order valence-electron chi connectivity index (χ1n) is 6.41. The molecule has 1 aliphatic heterocycles. The fourth-order valence-corrected chi connectivity index (χ4v) is 2.84. The Labute approximate surface area is 123 Å². The fraction of sp³-hybridized carbons (Fsp3) is 0.500. The van der Waals surface area contributed by atoms with Crippen LogP contribution in [0, 0.1) is 0 Å². The summed E-state index contributed by atoms with van der Waals surface area (Å²) in [6, 6.07) is 0.900. The Morgan fingerprint density at radius 1 is 1.38 bits per heavy atom. The molecule has 0 amide bonds. The minimum atomic E-state index is -4.43. The molecule has 3 heterocycles. The van der Waals surface area contributed by atoms with E-state index in [0.717, 1.165) is 24.7 Å². The van der Waals surface area contributed by atoms with E-state index in [0.29, 0.717) is 13.1 Å². The Morgan fingerprint density at radius 2 is 2.24 bits per heavy atom. The Balaban J connectivity index is 1.68. The van der Waals surface area contributed by atoms with E-state index in [1.54, 1.807) is 0 Å². The van der Waals surface area contributed by atoms with Crippen molar-refractivity contribution in [3.05, 3.63) is 34.9 Å². The van der Waals surface area contributed by atoms with Crippen LogP contribution in [0.3, 0.4) is 0 Å². The van der Waals surface area contributed by atoms with E-state index in [2.05, 4.69) is 24.5 Å². The quantitative estimate of drug-likeness (QED) is 0.870. The second kappa shape index (κ2) is 5.64. The van der Waals surface area contributed by atoms with Crippen LogP contribution in [0.1, 0.15) is 29.6 Å². The molecule has 112 valence electrons. The van der Waals surface area contributed by atoms with Crippen molar-refractivity contribution in [1.29, 1.82) is 0 Å². The number of hydrogen-bond acceptors (Lipinski definition) is 6. The lowest BCUT2D eigenvalue weighted by atomic mass is 10.1. The van der Waals surface area contributed by atoms with Crippen molar-refractivity contribution in [3.63, 3.8) is 0 Å². The zero-order valence-corrected chi connectivity index (χ0v) is 11.7. The average molecular weight is 315 g/mol. The molecule has 2 aromatic rings. The number of halogens is 3. The molecular formula is C12H12F3N5S. The van der Waals surface area contributed by atoms with Crippen LogP contribution < -0.4 is 0 Å². The van der Waals surface area contributed by atoms with Gasteiger partial charge in [-0.25, -0.2) is 9.97 Å². The van der Waals surface area contributed by atoms with Crippen molar-refractivity contribution in [3.8, 4) is 0 Å². The van der Waals surface area contributed by atoms with Crippen molar-refractivity contribution in [2.24, 2.45) is 0 Å². The second-order valence-corrected chi connectivity index (χ2v) is 5.52. The summed E-state index contributed by atoms with van der Waals surface area (Å²) in [5.74, 6) is 0.197. The van der Waals surface area contributed by atoms with Gasteiger partial charge in [0, 0.05) is 30.6 Å². The fourth-order valence-electron chi connectivity index (χ4n) is 2.40. The number of hydrogen-bond donors (Lipinski definition) is 0. The Morgan fingerprint density at radius 3 is 2.95 bits per heavy atom. The summed E-state index contributed by atoms with van der Waals surface area (Å²) in [6.45, 7) is 2.09. The highest BCUT2D eigenvalue weighted by atomic mass is 32.1. The van der Waals surface area contributed by atoms with Crippen LogP contribution in [0.4, 0.5) is 13.2 Å². The van der Waals surface area contributed by atoms with Crippen LogP contribution in [-0.2, 0) is 12.7 Å². The lowest BCUT2D eigenvalue weighted by molar-refractivity contribution is -0.141. The summed E-state index contributed by atoms with van der Waals surface area (Å²) in [4.78, 5) is 9.80. The molecule has 0 aromatic carbocycles. The van der Waals surface area contributed by atoms with Crippen LogP contribution in [0.5, 0.6) is 0 Å². The highest BCUT2D eigenvalue weighted by Gasteiger charge is 2.34. The van der Waals surface area contributed by atoms with E-state index in [1.807, 2.05) is 5.38 Å². The molecule has 2 aromatic heterocycles. The number of nitrogens with zero attached hydrogens (tertiary/aromatic N) is 5. The van der Waals surface area contributed by atoms with Gasteiger partial charge in [-0.1, -0.05) is 4.49 Å². The normalized spacial score (nSPS) is 20.0. The van der Waals surface area contributed by atoms with Gasteiger partial charge in [0.25, 0.3) is 0 Å². The Hall–Kier alpha value is -1.61. The second-order valence-electron chi connectivity index (χ2n) is 4.91. The third-order valence-electron chi connectivity index (χ3n) is 3.39. The minimum absolute atomic E-state index is 0.0705. The lowest BCUT2D eigenvalue weighted by Crippen LogP contribution is -2.20. The van der Waals surface area contributed by atoms with Gasteiger partial charge >= 0.3 is 6.18 Å². The first kappa shape index (κ1) is 14.3. The SMILES string of the molecule is FC(F)(F)c1ccnc(C2CCN(Cc3csnn3)C2)n1. The van der Waals surface area contributed by atoms with Crippen molar-refractivity contribution in [2.75, 3.05) is 13.1 Å². The van der Waals surface area contributed by atoms with E-state index in [1.165, 1.54) is 17.7 Å². The molecule has 1 unspecified atom stereocenters. The maximum Gasteiger partial charge on any atom is 0.433 e. The molecule has 0 spiro atoms. The van der Waals surface area contributed by atoms with Crippen LogP contribution in [0.2, 0.25) is 0 Å². The molecule has 0 bridgehead atoms. The molecule has 0 N–H and O–H groups in total. The van der Waals surface area contributed by atoms with E-state index >= 15 is 0 Å². The summed E-state index contributed by atoms with van der Waals surface area (Å²) in [5, 5.41) is 5.84. The summed E-state index contributed by atoms with van der Waals surface area (Å²) in [7, 11) is 0. The smallest absolute Gasteiger partial charge is 0.297 e. The lowest BCUT2D eigenvalue weighted by Gasteiger charge is -2.14. The summed E-state index contributed by atoms with van der Waals surface area (Å²) < 4.78 is 41.8. The first-order valence-corrected chi connectivity index (χ1v) is 7.24. The minimum Gasteiger partial charge on any atom is -0.297 e. The van der Waals surface area contributed by atoms with Gasteiger partial charge in [0.1, 0.15) is 11.5 Å². The van der Waals surface area contributed by atoms with E-state index in [9.17, 15) is 13.2 Å². The van der Waals surface area contributed by atoms with Crippen molar-refractivity contribution >= 4 is 11.5 Å². The predicted molar refractivity (Wildman–Crippen MR) is 69.6 cm³/mol. The molecule has 1 saturated heterocycles. The van der Waals surface area contributed by atoms with Gasteiger partial charge in [0.2, 0.25) is 0 Å². The topological polar surface area (TPSA) is 54.8 Å². The first-order chi connectivity index (χ1) is 10.0. The molecule has 5 nitrogen and oxygen atoms in total. The number of alkyl halides is 3. The Kier molecular flexibility index (Phi) is 3.85. The van der Waals surface area contributed by atoms with Gasteiger partial charge in [-0.15, -0.1) is 5.10 Å². The maximum atomic E-state index is 12.7. The number of aromatic nitrogens is 4. The van der Waals surface area contributed by atoms with Crippen molar-refractivity contribution in [1.82, 2.24) is 24.5 Å². The molecule has 21 heavy (non-hydrogen) atoms. The molecule has 0 radical (unpaired) electrons. The van der Waals surface area contributed by atoms with Gasteiger partial charge in [-0.05, 0) is 30.6 Å². The van der Waals surface area contributed by atoms with Gasteiger partial charge in [-0.3, -0.25) is 4.90 Å². The molecule has 3 rings (SSSR count). The summed E-state index contributed by atoms with van der Waals surface area (Å²) >= 11 is 1.29. The molecule has 1 fully saturated rings. The third-order valence-corrected chi connectivity index (χ3v) is 3.95. The summed E-state index contributed by atoms with van der Waals surface area (Å²) in [5.41, 5.74) is 0.000242. The monoisotopic (exact) mass is 315 g/mol. The molecule has 1 aliphatic rings. The Bertz CT molecular complexity index is 601. The number of likely N-dealkylation sites (tertiary alicyclic amines) is 1. The maximum absolute atomic E-state index is 12.7. The van der Waals surface area contributed by atoms with E-state index < -0.39 is 11.9 Å². The predicted octanol–water partition coefficient (Wildman–Crippen LogP) is 2.34. The molecule has 0 saturated carbocycles. The van der Waals surface area contributed by atoms with Crippen molar-refractivity contribution < 1.29 is 13.2 Å². The molecular weight excluding hydrogens is 303 g/mol. The zero-order chi connectivity index (χ0) is 14.9. The van der Waals surface area contributed by atoms with Gasteiger partial charge < -0.3 is 0 Å². The summed E-state index contributed by atoms with van der Waals surface area (Å²) in [6.07, 6.45) is -2.50. The standard InChI is InChI=1S/C12H12F3N5S/c13-12(14,15)10-1-3-16-11(17-10)8-2-4-20(5-8)6-9-7-21-19-18-9/h1,3,7-8H,2,4-6H2. The largest absolute Gasteiger partial charge is 0.433 e. The van der Waals surface area contributed by atoms with E-state index in [-0.39, 0.29) is 11.7 Å². The van der Waals surface area contributed by atoms with Crippen LogP contribution >= 0.6 is 11.5 Å². The van der Waals surface area contributed by atoms with Crippen LogP contribution in [0.15, 0.2) is 17.6 Å². The average Bonchev–Trinajstić information content (AvgIpc) is 3.10.